The smallest absolute Gasteiger partial charge is 0.256 e. The van der Waals surface area contributed by atoms with E-state index in [0.29, 0.717) is 12.8 Å². The highest BCUT2D eigenvalue weighted by molar-refractivity contribution is 7.89. The lowest BCUT2D eigenvalue weighted by Gasteiger charge is -2.33. The fourth-order valence-corrected chi connectivity index (χ4v) is 5.00. The van der Waals surface area contributed by atoms with E-state index in [1.54, 1.807) is 24.3 Å². The maximum Gasteiger partial charge on any atom is 0.256 e. The summed E-state index contributed by atoms with van der Waals surface area (Å²) in [7, 11) is -3.80. The zero-order valence-corrected chi connectivity index (χ0v) is 17.1. The Labute approximate surface area is 171 Å². The topological polar surface area (TPSA) is 95.6 Å². The van der Waals surface area contributed by atoms with E-state index >= 15 is 0 Å². The van der Waals surface area contributed by atoms with Crippen molar-refractivity contribution in [1.82, 2.24) is 15.2 Å². The number of sulfonamides is 1. The van der Waals surface area contributed by atoms with Gasteiger partial charge in [0.1, 0.15) is 6.04 Å². The van der Waals surface area contributed by atoms with Gasteiger partial charge in [-0.25, -0.2) is 8.42 Å². The van der Waals surface area contributed by atoms with Crippen molar-refractivity contribution in [3.05, 3.63) is 65.7 Å². The molecule has 2 aromatic rings. The zero-order chi connectivity index (χ0) is 20.9. The van der Waals surface area contributed by atoms with E-state index in [2.05, 4.69) is 10.9 Å². The molecule has 0 spiro atoms. The van der Waals surface area contributed by atoms with Crippen molar-refractivity contribution in [2.75, 3.05) is 6.54 Å². The molecule has 7 nitrogen and oxygen atoms in total. The van der Waals surface area contributed by atoms with E-state index in [1.165, 1.54) is 4.31 Å². The van der Waals surface area contributed by atoms with E-state index < -0.39 is 22.0 Å². The van der Waals surface area contributed by atoms with Gasteiger partial charge in [-0.2, -0.15) is 4.31 Å². The number of rotatable bonds is 5. The monoisotopic (exact) mass is 415 g/mol. The van der Waals surface area contributed by atoms with Crippen molar-refractivity contribution in [2.45, 2.75) is 43.5 Å². The zero-order valence-electron chi connectivity index (χ0n) is 16.3. The Kier molecular flexibility index (Phi) is 6.66. The highest BCUT2D eigenvalue weighted by Crippen LogP contribution is 2.25. The van der Waals surface area contributed by atoms with Crippen LogP contribution >= 0.6 is 0 Å². The predicted molar refractivity (Wildman–Crippen MR) is 109 cm³/mol. The Balaban J connectivity index is 1.66. The Morgan fingerprint density at radius 3 is 2.38 bits per heavy atom. The molecule has 1 aliphatic rings. The number of benzene rings is 2. The second kappa shape index (κ2) is 9.19. The van der Waals surface area contributed by atoms with Crippen molar-refractivity contribution in [1.29, 1.82) is 0 Å². The molecule has 0 aliphatic carbocycles. The summed E-state index contributed by atoms with van der Waals surface area (Å²) in [5.41, 5.74) is 6.55. The molecule has 1 atom stereocenters. The largest absolute Gasteiger partial charge is 0.273 e. The van der Waals surface area contributed by atoms with Crippen molar-refractivity contribution in [3.8, 4) is 0 Å². The lowest BCUT2D eigenvalue weighted by atomic mass is 10.0. The van der Waals surface area contributed by atoms with Crippen LogP contribution in [0.15, 0.2) is 59.5 Å². The first kappa shape index (κ1) is 21.0. The molecule has 1 saturated heterocycles. The summed E-state index contributed by atoms with van der Waals surface area (Å²) < 4.78 is 27.3. The molecule has 1 fully saturated rings. The van der Waals surface area contributed by atoms with Gasteiger partial charge in [-0.1, -0.05) is 54.4 Å². The highest BCUT2D eigenvalue weighted by atomic mass is 32.2. The van der Waals surface area contributed by atoms with E-state index in [4.69, 9.17) is 0 Å². The number of nitrogens with one attached hydrogen (secondary N) is 2. The number of hydrazine groups is 1. The lowest BCUT2D eigenvalue weighted by molar-refractivity contribution is -0.131. The third kappa shape index (κ3) is 5.21. The number of aryl methyl sites for hydroxylation is 1. The van der Waals surface area contributed by atoms with Crippen molar-refractivity contribution < 1.29 is 18.0 Å². The Morgan fingerprint density at radius 2 is 1.69 bits per heavy atom. The minimum Gasteiger partial charge on any atom is -0.273 e. The van der Waals surface area contributed by atoms with Crippen molar-refractivity contribution in [3.63, 3.8) is 0 Å². The number of carbonyl (C=O) groups is 2. The molecule has 0 radical (unpaired) electrons. The van der Waals surface area contributed by atoms with Crippen LogP contribution in [-0.2, 0) is 26.0 Å². The predicted octanol–water partition coefficient (Wildman–Crippen LogP) is 1.93. The standard InChI is InChI=1S/C21H25N3O4S/c1-16-10-12-18(13-11-16)29(27,28)24-14-6-5-9-19(24)21(26)23-22-20(25)15-17-7-3-2-4-8-17/h2-4,7-8,10-13,19H,5-6,9,14-15H2,1H3,(H,22,25)(H,23,26)/t19-/m0/s1. The van der Waals surface area contributed by atoms with Gasteiger partial charge in [0.05, 0.1) is 11.3 Å². The lowest BCUT2D eigenvalue weighted by Crippen LogP contribution is -2.55. The third-order valence-electron chi connectivity index (χ3n) is 4.92. The second-order valence-corrected chi connectivity index (χ2v) is 9.03. The van der Waals surface area contributed by atoms with Crippen LogP contribution in [0, 0.1) is 6.92 Å². The highest BCUT2D eigenvalue weighted by Gasteiger charge is 2.37. The van der Waals surface area contributed by atoms with Gasteiger partial charge in [-0.15, -0.1) is 0 Å². The fourth-order valence-electron chi connectivity index (χ4n) is 3.34. The van der Waals surface area contributed by atoms with Gasteiger partial charge >= 0.3 is 0 Å². The molecule has 2 N–H and O–H groups in total. The summed E-state index contributed by atoms with van der Waals surface area (Å²) in [6, 6.07) is 14.9. The van der Waals surface area contributed by atoms with E-state index in [1.807, 2.05) is 37.3 Å². The molecule has 3 rings (SSSR count). The van der Waals surface area contributed by atoms with Gasteiger partial charge in [0.25, 0.3) is 5.91 Å². The average molecular weight is 416 g/mol. The van der Waals surface area contributed by atoms with Gasteiger partial charge in [-0.05, 0) is 37.5 Å². The van der Waals surface area contributed by atoms with Gasteiger partial charge in [0.15, 0.2) is 0 Å². The fraction of sp³-hybridized carbons (Fsp3) is 0.333. The van der Waals surface area contributed by atoms with Crippen LogP contribution in [-0.4, -0.2) is 37.1 Å². The summed E-state index contributed by atoms with van der Waals surface area (Å²) in [5.74, 6) is -0.893. The van der Waals surface area contributed by atoms with E-state index in [0.717, 1.165) is 17.5 Å². The van der Waals surface area contributed by atoms with Gasteiger partial charge in [0, 0.05) is 6.54 Å². The molecular weight excluding hydrogens is 390 g/mol. The molecule has 29 heavy (non-hydrogen) atoms. The van der Waals surface area contributed by atoms with E-state index in [9.17, 15) is 18.0 Å². The number of piperidine rings is 1. The normalized spacial score (nSPS) is 17.5. The molecule has 8 heteroatoms. The molecule has 0 saturated carbocycles. The van der Waals surface area contributed by atoms with Crippen molar-refractivity contribution >= 4 is 21.8 Å². The van der Waals surface area contributed by atoms with Crippen LogP contribution in [0.2, 0.25) is 0 Å². The molecule has 1 aliphatic heterocycles. The number of nitrogens with zero attached hydrogens (tertiary/aromatic N) is 1. The minimum absolute atomic E-state index is 0.122. The number of carbonyl (C=O) groups excluding carboxylic acids is 2. The summed E-state index contributed by atoms with van der Waals surface area (Å²) in [6.45, 7) is 2.15. The summed E-state index contributed by atoms with van der Waals surface area (Å²) in [5, 5.41) is 0. The maximum absolute atomic E-state index is 13.1. The molecule has 1 heterocycles. The van der Waals surface area contributed by atoms with Gasteiger partial charge in [-0.3, -0.25) is 20.4 Å². The third-order valence-corrected chi connectivity index (χ3v) is 6.84. The van der Waals surface area contributed by atoms with Crippen LogP contribution < -0.4 is 10.9 Å². The van der Waals surface area contributed by atoms with Crippen LogP contribution in [0.1, 0.15) is 30.4 Å². The number of hydrogen-bond acceptors (Lipinski definition) is 4. The average Bonchev–Trinajstić information content (AvgIpc) is 2.73. The molecule has 0 aromatic heterocycles. The summed E-state index contributed by atoms with van der Waals surface area (Å²) >= 11 is 0. The summed E-state index contributed by atoms with van der Waals surface area (Å²) in [4.78, 5) is 24.9. The molecule has 2 amide bonds. The van der Waals surface area contributed by atoms with Crippen LogP contribution in [0.25, 0.3) is 0 Å². The number of hydrogen-bond donors (Lipinski definition) is 2. The van der Waals surface area contributed by atoms with Gasteiger partial charge in [0.2, 0.25) is 15.9 Å². The molecule has 2 aromatic carbocycles. The second-order valence-electron chi connectivity index (χ2n) is 7.14. The molecule has 0 bridgehead atoms. The summed E-state index contributed by atoms with van der Waals surface area (Å²) in [6.07, 6.45) is 1.97. The SMILES string of the molecule is Cc1ccc(S(=O)(=O)N2CCCC[C@H]2C(=O)NNC(=O)Cc2ccccc2)cc1. The maximum atomic E-state index is 13.1. The Hall–Kier alpha value is -2.71. The van der Waals surface area contributed by atoms with E-state index in [-0.39, 0.29) is 23.8 Å². The number of amides is 2. The first-order valence-electron chi connectivity index (χ1n) is 9.59. The first-order valence-corrected chi connectivity index (χ1v) is 11.0. The molecule has 154 valence electrons. The van der Waals surface area contributed by atoms with Crippen LogP contribution in [0.5, 0.6) is 0 Å². The quantitative estimate of drug-likeness (QED) is 0.730. The van der Waals surface area contributed by atoms with Gasteiger partial charge < -0.3 is 0 Å². The molecule has 0 unspecified atom stereocenters. The molecular formula is C21H25N3O4S. The van der Waals surface area contributed by atoms with Crippen LogP contribution in [0.4, 0.5) is 0 Å². The van der Waals surface area contributed by atoms with Crippen molar-refractivity contribution in [2.24, 2.45) is 0 Å². The Bertz CT molecular complexity index is 959. The Morgan fingerprint density at radius 1 is 1.00 bits per heavy atom. The first-order chi connectivity index (χ1) is 13.9. The minimum atomic E-state index is -3.80. The van der Waals surface area contributed by atoms with Crippen LogP contribution in [0.3, 0.4) is 0 Å².